The van der Waals surface area contributed by atoms with Crippen LogP contribution in [0, 0.1) is 34.5 Å². The first-order valence-electron chi connectivity index (χ1n) is 6.01. The number of amides is 1. The normalized spacial score (nSPS) is 10.4. The molecule has 0 bridgehead atoms. The molecule has 0 atom stereocenters. The second-order valence-electron chi connectivity index (χ2n) is 4.44. The Bertz CT molecular complexity index is 778. The molecule has 0 aromatic heterocycles. The summed E-state index contributed by atoms with van der Waals surface area (Å²) in [6, 6.07) is 5.11. The number of hydrogen-bond donors (Lipinski definition) is 1. The molecule has 0 saturated carbocycles. The zero-order valence-corrected chi connectivity index (χ0v) is 11.2. The molecule has 1 amide bonds. The number of nitrogens with zero attached hydrogens (tertiary/aromatic N) is 1. The van der Waals surface area contributed by atoms with Gasteiger partial charge in [0.15, 0.2) is 17.5 Å². The van der Waals surface area contributed by atoms with Crippen molar-refractivity contribution in [1.82, 2.24) is 0 Å². The molecule has 0 unspecified atom stereocenters. The second-order valence-corrected chi connectivity index (χ2v) is 4.44. The Morgan fingerprint density at radius 2 is 1.82 bits per heavy atom. The topological polar surface area (TPSA) is 72.2 Å². The molecule has 0 fully saturated rings. The Labute approximate surface area is 122 Å². The number of halogens is 3. The maximum atomic E-state index is 13.5. The van der Waals surface area contributed by atoms with Crippen LogP contribution in [0.1, 0.15) is 15.9 Å². The Morgan fingerprint density at radius 1 is 1.14 bits per heavy atom. The molecule has 0 aliphatic rings. The van der Waals surface area contributed by atoms with E-state index in [4.69, 9.17) is 0 Å². The highest BCUT2D eigenvalue weighted by molar-refractivity contribution is 6.04. The fourth-order valence-electron chi connectivity index (χ4n) is 1.82. The number of rotatable bonds is 3. The highest BCUT2D eigenvalue weighted by atomic mass is 19.2. The molecule has 0 aliphatic heterocycles. The van der Waals surface area contributed by atoms with Crippen molar-refractivity contribution in [2.24, 2.45) is 0 Å². The van der Waals surface area contributed by atoms with Gasteiger partial charge in [-0.15, -0.1) is 0 Å². The Morgan fingerprint density at radius 3 is 2.41 bits per heavy atom. The summed E-state index contributed by atoms with van der Waals surface area (Å²) in [5.74, 6) is -5.39. The van der Waals surface area contributed by atoms with Crippen LogP contribution >= 0.6 is 0 Å². The third-order valence-electron chi connectivity index (χ3n) is 2.94. The third-order valence-corrected chi connectivity index (χ3v) is 2.94. The molecular weight excluding hydrogens is 301 g/mol. The van der Waals surface area contributed by atoms with E-state index in [1.165, 1.54) is 19.1 Å². The lowest BCUT2D eigenvalue weighted by Gasteiger charge is -2.08. The number of anilines is 1. The van der Waals surface area contributed by atoms with Gasteiger partial charge in [-0.05, 0) is 31.2 Å². The first-order chi connectivity index (χ1) is 10.3. The van der Waals surface area contributed by atoms with Crippen molar-refractivity contribution < 1.29 is 22.9 Å². The SMILES string of the molecule is Cc1cc(C(=O)Nc2ccc(F)c(F)c2F)ccc1[N+](=O)[O-]. The van der Waals surface area contributed by atoms with Crippen LogP contribution in [0.2, 0.25) is 0 Å². The zero-order chi connectivity index (χ0) is 16.4. The van der Waals surface area contributed by atoms with Gasteiger partial charge in [-0.1, -0.05) is 0 Å². The standard InChI is InChI=1S/C14H9F3N2O3/c1-7-6-8(2-5-11(7)19(21)22)14(20)18-10-4-3-9(15)12(16)13(10)17/h2-6H,1H3,(H,18,20). The van der Waals surface area contributed by atoms with E-state index in [1.807, 2.05) is 0 Å². The van der Waals surface area contributed by atoms with E-state index in [-0.39, 0.29) is 16.8 Å². The van der Waals surface area contributed by atoms with Gasteiger partial charge >= 0.3 is 0 Å². The molecule has 114 valence electrons. The first-order valence-corrected chi connectivity index (χ1v) is 6.01. The first kappa shape index (κ1) is 15.5. The molecule has 8 heteroatoms. The summed E-state index contributed by atoms with van der Waals surface area (Å²) in [6.45, 7) is 1.44. The highest BCUT2D eigenvalue weighted by Crippen LogP contribution is 2.22. The molecule has 22 heavy (non-hydrogen) atoms. The number of nitro benzene ring substituents is 1. The van der Waals surface area contributed by atoms with Crippen LogP contribution in [0.5, 0.6) is 0 Å². The van der Waals surface area contributed by atoms with Crippen molar-refractivity contribution >= 4 is 17.3 Å². The summed E-state index contributed by atoms with van der Waals surface area (Å²) < 4.78 is 39.3. The second kappa shape index (κ2) is 5.84. The zero-order valence-electron chi connectivity index (χ0n) is 11.2. The van der Waals surface area contributed by atoms with E-state index in [0.717, 1.165) is 12.1 Å². The van der Waals surface area contributed by atoms with Crippen molar-refractivity contribution in [2.75, 3.05) is 5.32 Å². The van der Waals surface area contributed by atoms with Gasteiger partial charge in [0.25, 0.3) is 11.6 Å². The number of benzene rings is 2. The lowest BCUT2D eigenvalue weighted by atomic mass is 10.1. The predicted octanol–water partition coefficient (Wildman–Crippen LogP) is 3.57. The molecule has 2 aromatic rings. The Hall–Kier alpha value is -2.90. The van der Waals surface area contributed by atoms with Gasteiger partial charge in [-0.25, -0.2) is 13.2 Å². The van der Waals surface area contributed by atoms with Crippen LogP contribution in [0.4, 0.5) is 24.5 Å². The largest absolute Gasteiger partial charge is 0.319 e. The quantitative estimate of drug-likeness (QED) is 0.535. The van der Waals surface area contributed by atoms with E-state index in [2.05, 4.69) is 5.32 Å². The smallest absolute Gasteiger partial charge is 0.272 e. The fourth-order valence-corrected chi connectivity index (χ4v) is 1.82. The summed E-state index contributed by atoms with van der Waals surface area (Å²) >= 11 is 0. The van der Waals surface area contributed by atoms with E-state index in [9.17, 15) is 28.1 Å². The van der Waals surface area contributed by atoms with E-state index >= 15 is 0 Å². The molecule has 0 spiro atoms. The minimum atomic E-state index is -1.70. The summed E-state index contributed by atoms with van der Waals surface area (Å²) in [5, 5.41) is 12.8. The number of nitrogens with one attached hydrogen (secondary N) is 1. The van der Waals surface area contributed by atoms with Gasteiger partial charge in [0, 0.05) is 17.2 Å². The van der Waals surface area contributed by atoms with Crippen LogP contribution in [-0.4, -0.2) is 10.8 Å². The van der Waals surface area contributed by atoms with Gasteiger partial charge in [0.1, 0.15) is 0 Å². The summed E-state index contributed by atoms with van der Waals surface area (Å²) in [6.07, 6.45) is 0. The van der Waals surface area contributed by atoms with Gasteiger partial charge in [0.05, 0.1) is 10.6 Å². The minimum absolute atomic E-state index is 0.0206. The van der Waals surface area contributed by atoms with Gasteiger partial charge in [-0.2, -0.15) is 0 Å². The molecule has 5 nitrogen and oxygen atoms in total. The average molecular weight is 310 g/mol. The van der Waals surface area contributed by atoms with Crippen LogP contribution in [0.15, 0.2) is 30.3 Å². The van der Waals surface area contributed by atoms with Gasteiger partial charge < -0.3 is 5.32 Å². The van der Waals surface area contributed by atoms with E-state index < -0.39 is 34.0 Å². The lowest BCUT2D eigenvalue weighted by Crippen LogP contribution is -2.14. The maximum absolute atomic E-state index is 13.5. The van der Waals surface area contributed by atoms with Crippen molar-refractivity contribution in [3.05, 3.63) is 69.0 Å². The van der Waals surface area contributed by atoms with Gasteiger partial charge in [-0.3, -0.25) is 14.9 Å². The molecule has 2 aromatic carbocycles. The minimum Gasteiger partial charge on any atom is -0.319 e. The maximum Gasteiger partial charge on any atom is 0.272 e. The Kier molecular flexibility index (Phi) is 4.11. The van der Waals surface area contributed by atoms with E-state index in [0.29, 0.717) is 6.07 Å². The molecule has 0 heterocycles. The molecular formula is C14H9F3N2O3. The lowest BCUT2D eigenvalue weighted by molar-refractivity contribution is -0.385. The number of carbonyl (C=O) groups excluding carboxylic acids is 1. The predicted molar refractivity (Wildman–Crippen MR) is 72.1 cm³/mol. The van der Waals surface area contributed by atoms with Crippen LogP contribution in [-0.2, 0) is 0 Å². The van der Waals surface area contributed by atoms with Crippen molar-refractivity contribution in [3.63, 3.8) is 0 Å². The molecule has 0 aliphatic carbocycles. The molecule has 1 N–H and O–H groups in total. The summed E-state index contributed by atoms with van der Waals surface area (Å²) in [4.78, 5) is 22.0. The van der Waals surface area contributed by atoms with E-state index in [1.54, 1.807) is 0 Å². The number of aryl methyl sites for hydroxylation is 1. The molecule has 2 rings (SSSR count). The van der Waals surface area contributed by atoms with Crippen LogP contribution in [0.25, 0.3) is 0 Å². The molecule has 0 radical (unpaired) electrons. The van der Waals surface area contributed by atoms with Gasteiger partial charge in [0.2, 0.25) is 0 Å². The van der Waals surface area contributed by atoms with Crippen molar-refractivity contribution in [3.8, 4) is 0 Å². The monoisotopic (exact) mass is 310 g/mol. The van der Waals surface area contributed by atoms with Crippen LogP contribution < -0.4 is 5.32 Å². The average Bonchev–Trinajstić information content (AvgIpc) is 2.47. The van der Waals surface area contributed by atoms with Crippen LogP contribution in [0.3, 0.4) is 0 Å². The fraction of sp³-hybridized carbons (Fsp3) is 0.0714. The summed E-state index contributed by atoms with van der Waals surface area (Å²) in [5.41, 5.74) is -0.439. The highest BCUT2D eigenvalue weighted by Gasteiger charge is 2.17. The van der Waals surface area contributed by atoms with Crippen molar-refractivity contribution in [1.29, 1.82) is 0 Å². The number of carbonyl (C=O) groups is 1. The molecule has 0 saturated heterocycles. The third kappa shape index (κ3) is 2.90. The summed E-state index contributed by atoms with van der Waals surface area (Å²) in [7, 11) is 0. The Balaban J connectivity index is 2.28. The number of nitro groups is 1. The van der Waals surface area contributed by atoms with Crippen molar-refractivity contribution in [2.45, 2.75) is 6.92 Å². The number of hydrogen-bond acceptors (Lipinski definition) is 3.